The van der Waals surface area contributed by atoms with Gasteiger partial charge in [-0.25, -0.2) is 4.98 Å². The maximum atomic E-state index is 5.23. The maximum absolute atomic E-state index is 5.23. The molecule has 0 atom stereocenters. The fraction of sp³-hybridized carbons (Fsp3) is 0.100. The summed E-state index contributed by atoms with van der Waals surface area (Å²) in [5, 5.41) is 5.97. The van der Waals surface area contributed by atoms with Gasteiger partial charge >= 0.3 is 0 Å². The summed E-state index contributed by atoms with van der Waals surface area (Å²) in [6.07, 6.45) is 3.44. The lowest BCUT2D eigenvalue weighted by Gasteiger charge is -1.94. The minimum Gasteiger partial charge on any atom is -0.463 e. The molecule has 2 heterocycles. The summed E-state index contributed by atoms with van der Waals surface area (Å²) in [5.74, 6) is 0.799. The molecule has 0 fully saturated rings. The van der Waals surface area contributed by atoms with Gasteiger partial charge in [0.25, 0.3) is 0 Å². The first-order valence-corrected chi connectivity index (χ1v) is 5.12. The van der Waals surface area contributed by atoms with E-state index >= 15 is 0 Å². The summed E-state index contributed by atoms with van der Waals surface area (Å²) in [4.78, 5) is 4.36. The molecule has 0 bridgehead atoms. The number of aromatic nitrogens is 1. The van der Waals surface area contributed by atoms with Crippen LogP contribution in [0, 0.1) is 0 Å². The van der Waals surface area contributed by atoms with E-state index in [1.165, 1.54) is 0 Å². The van der Waals surface area contributed by atoms with Crippen LogP contribution < -0.4 is 5.32 Å². The van der Waals surface area contributed by atoms with Gasteiger partial charge in [-0.1, -0.05) is 6.08 Å². The number of nitrogens with zero attached hydrogens (tertiary/aromatic N) is 1. The summed E-state index contributed by atoms with van der Waals surface area (Å²) in [6, 6.07) is 3.75. The molecule has 0 unspecified atom stereocenters. The zero-order chi connectivity index (χ0) is 9.80. The highest BCUT2D eigenvalue weighted by molar-refractivity contribution is 7.14. The second-order valence-corrected chi connectivity index (χ2v) is 3.54. The van der Waals surface area contributed by atoms with Gasteiger partial charge in [-0.3, -0.25) is 0 Å². The molecule has 2 aromatic rings. The lowest BCUT2D eigenvalue weighted by molar-refractivity contribution is 0.580. The summed E-state index contributed by atoms with van der Waals surface area (Å²) in [7, 11) is 0. The van der Waals surface area contributed by atoms with E-state index in [0.29, 0.717) is 0 Å². The number of hydrogen-bond acceptors (Lipinski definition) is 4. The van der Waals surface area contributed by atoms with Crippen LogP contribution in [-0.4, -0.2) is 11.5 Å². The van der Waals surface area contributed by atoms with Gasteiger partial charge in [-0.05, 0) is 12.1 Å². The Morgan fingerprint density at radius 2 is 2.57 bits per heavy atom. The third-order valence-corrected chi connectivity index (χ3v) is 2.48. The fourth-order valence-electron chi connectivity index (χ4n) is 1.05. The van der Waals surface area contributed by atoms with Crippen molar-refractivity contribution in [2.24, 2.45) is 0 Å². The Morgan fingerprint density at radius 1 is 1.64 bits per heavy atom. The molecule has 0 aliphatic rings. The molecule has 0 amide bonds. The molecule has 0 spiro atoms. The lowest BCUT2D eigenvalue weighted by Crippen LogP contribution is -1.96. The van der Waals surface area contributed by atoms with Gasteiger partial charge in [0, 0.05) is 11.9 Å². The SMILES string of the molecule is C=CCNc1nc(-c2ccco2)cs1. The molecule has 72 valence electrons. The first-order chi connectivity index (χ1) is 6.90. The number of hydrogen-bond donors (Lipinski definition) is 1. The van der Waals surface area contributed by atoms with Crippen molar-refractivity contribution in [3.63, 3.8) is 0 Å². The molecule has 14 heavy (non-hydrogen) atoms. The molecule has 0 saturated heterocycles. The van der Waals surface area contributed by atoms with Crippen molar-refractivity contribution < 1.29 is 4.42 Å². The standard InChI is InChI=1S/C10H10N2OS/c1-2-5-11-10-12-8(7-14-10)9-4-3-6-13-9/h2-4,6-7H,1,5H2,(H,11,12). The summed E-state index contributed by atoms with van der Waals surface area (Å²) in [6.45, 7) is 4.36. The summed E-state index contributed by atoms with van der Waals surface area (Å²) >= 11 is 1.56. The summed E-state index contributed by atoms with van der Waals surface area (Å²) < 4.78 is 5.23. The normalized spacial score (nSPS) is 10.0. The van der Waals surface area contributed by atoms with Crippen LogP contribution >= 0.6 is 11.3 Å². The van der Waals surface area contributed by atoms with Crippen molar-refractivity contribution >= 4 is 16.5 Å². The van der Waals surface area contributed by atoms with Crippen LogP contribution in [0.5, 0.6) is 0 Å². The van der Waals surface area contributed by atoms with E-state index in [9.17, 15) is 0 Å². The van der Waals surface area contributed by atoms with Gasteiger partial charge < -0.3 is 9.73 Å². The monoisotopic (exact) mass is 206 g/mol. The molecule has 0 saturated carbocycles. The third kappa shape index (κ3) is 1.85. The predicted molar refractivity (Wildman–Crippen MR) is 58.5 cm³/mol. The predicted octanol–water partition coefficient (Wildman–Crippen LogP) is 3.00. The fourth-order valence-corrected chi connectivity index (χ4v) is 1.76. The average molecular weight is 206 g/mol. The first-order valence-electron chi connectivity index (χ1n) is 4.24. The molecule has 3 nitrogen and oxygen atoms in total. The number of thiazole rings is 1. The highest BCUT2D eigenvalue weighted by atomic mass is 32.1. The smallest absolute Gasteiger partial charge is 0.183 e. The molecule has 1 N–H and O–H groups in total. The van der Waals surface area contributed by atoms with E-state index in [1.54, 1.807) is 23.7 Å². The van der Waals surface area contributed by atoms with E-state index in [-0.39, 0.29) is 0 Å². The highest BCUT2D eigenvalue weighted by Gasteiger charge is 2.05. The largest absolute Gasteiger partial charge is 0.463 e. The van der Waals surface area contributed by atoms with Crippen LogP contribution in [0.25, 0.3) is 11.5 Å². The lowest BCUT2D eigenvalue weighted by atomic mass is 10.4. The quantitative estimate of drug-likeness (QED) is 0.781. The molecule has 0 aliphatic carbocycles. The second-order valence-electron chi connectivity index (χ2n) is 2.68. The average Bonchev–Trinajstić information content (AvgIpc) is 2.85. The van der Waals surface area contributed by atoms with Crippen LogP contribution in [0.2, 0.25) is 0 Å². The van der Waals surface area contributed by atoms with Crippen molar-refractivity contribution in [1.29, 1.82) is 0 Å². The molecule has 0 aromatic carbocycles. The zero-order valence-corrected chi connectivity index (χ0v) is 8.38. The van der Waals surface area contributed by atoms with Crippen molar-refractivity contribution in [3.8, 4) is 11.5 Å². The molecular weight excluding hydrogens is 196 g/mol. The third-order valence-electron chi connectivity index (χ3n) is 1.68. The molecule has 0 radical (unpaired) electrons. The van der Waals surface area contributed by atoms with Gasteiger partial charge in [0.1, 0.15) is 5.69 Å². The Hall–Kier alpha value is -1.55. The topological polar surface area (TPSA) is 38.1 Å². The van der Waals surface area contributed by atoms with E-state index in [0.717, 1.165) is 23.1 Å². The second kappa shape index (κ2) is 4.11. The Kier molecular flexibility index (Phi) is 2.65. The van der Waals surface area contributed by atoms with Crippen LogP contribution in [0.3, 0.4) is 0 Å². The van der Waals surface area contributed by atoms with Crippen LogP contribution in [0.15, 0.2) is 40.8 Å². The number of anilines is 1. The van der Waals surface area contributed by atoms with Gasteiger partial charge in [0.05, 0.1) is 6.26 Å². The van der Waals surface area contributed by atoms with Gasteiger partial charge in [0.15, 0.2) is 10.9 Å². The molecule has 0 aliphatic heterocycles. The van der Waals surface area contributed by atoms with Crippen molar-refractivity contribution in [2.45, 2.75) is 0 Å². The van der Waals surface area contributed by atoms with Gasteiger partial charge in [0.2, 0.25) is 0 Å². The summed E-state index contributed by atoms with van der Waals surface area (Å²) in [5.41, 5.74) is 0.867. The number of rotatable bonds is 4. The van der Waals surface area contributed by atoms with E-state index < -0.39 is 0 Å². The van der Waals surface area contributed by atoms with Gasteiger partial charge in [-0.15, -0.1) is 17.9 Å². The van der Waals surface area contributed by atoms with Gasteiger partial charge in [-0.2, -0.15) is 0 Å². The molecule has 2 rings (SSSR count). The number of furan rings is 1. The Balaban J connectivity index is 2.14. The Labute approximate surface area is 86.1 Å². The molecular formula is C10H10N2OS. The van der Waals surface area contributed by atoms with Crippen LogP contribution in [-0.2, 0) is 0 Å². The van der Waals surface area contributed by atoms with Crippen molar-refractivity contribution in [3.05, 3.63) is 36.4 Å². The zero-order valence-electron chi connectivity index (χ0n) is 7.56. The molecule has 2 aromatic heterocycles. The maximum Gasteiger partial charge on any atom is 0.183 e. The van der Waals surface area contributed by atoms with E-state index in [2.05, 4.69) is 16.9 Å². The van der Waals surface area contributed by atoms with Crippen molar-refractivity contribution in [1.82, 2.24) is 4.98 Å². The Morgan fingerprint density at radius 3 is 3.29 bits per heavy atom. The minimum atomic E-state index is 0.727. The van der Waals surface area contributed by atoms with Crippen molar-refractivity contribution in [2.75, 3.05) is 11.9 Å². The minimum absolute atomic E-state index is 0.727. The number of nitrogens with one attached hydrogen (secondary N) is 1. The van der Waals surface area contributed by atoms with Crippen LogP contribution in [0.1, 0.15) is 0 Å². The van der Waals surface area contributed by atoms with Crippen LogP contribution in [0.4, 0.5) is 5.13 Å². The van der Waals surface area contributed by atoms with E-state index in [4.69, 9.17) is 4.42 Å². The first kappa shape index (κ1) is 9.02. The molecule has 4 heteroatoms. The Bertz CT molecular complexity index is 405. The highest BCUT2D eigenvalue weighted by Crippen LogP contribution is 2.24. The van der Waals surface area contributed by atoms with E-state index in [1.807, 2.05) is 17.5 Å².